The Bertz CT molecular complexity index is 1130. The first kappa shape index (κ1) is 22.1. The molecule has 0 saturated heterocycles. The van der Waals surface area contributed by atoms with Crippen LogP contribution in [-0.4, -0.2) is 32.1 Å². The van der Waals surface area contributed by atoms with Gasteiger partial charge in [0.15, 0.2) is 0 Å². The van der Waals surface area contributed by atoms with Crippen molar-refractivity contribution < 1.29 is 32.4 Å². The van der Waals surface area contributed by atoms with Gasteiger partial charge in [0.2, 0.25) is 0 Å². The average Bonchev–Trinajstić information content (AvgIpc) is 3.07. The van der Waals surface area contributed by atoms with E-state index in [0.717, 1.165) is 18.2 Å². The van der Waals surface area contributed by atoms with Crippen LogP contribution in [0, 0.1) is 6.92 Å². The summed E-state index contributed by atoms with van der Waals surface area (Å²) in [6.07, 6.45) is -3.15. The summed E-state index contributed by atoms with van der Waals surface area (Å²) < 4.78 is 41.8. The second-order valence-electron chi connectivity index (χ2n) is 5.63. The molecule has 0 atom stereocenters. The van der Waals surface area contributed by atoms with Gasteiger partial charge in [-0.1, -0.05) is 5.16 Å². The van der Waals surface area contributed by atoms with Gasteiger partial charge in [-0.3, -0.25) is 14.6 Å². The maximum Gasteiger partial charge on any atom is 0.416 e. The van der Waals surface area contributed by atoms with Gasteiger partial charge in [-0.25, -0.2) is 9.59 Å². The van der Waals surface area contributed by atoms with Crippen molar-refractivity contribution in [3.05, 3.63) is 79.9 Å². The maximum absolute atomic E-state index is 12.4. The number of carboxylic acid groups (broad SMARTS) is 1. The van der Waals surface area contributed by atoms with Gasteiger partial charge >= 0.3 is 17.8 Å². The van der Waals surface area contributed by atoms with E-state index in [9.17, 15) is 32.3 Å². The van der Waals surface area contributed by atoms with Crippen LogP contribution in [-0.2, 0) is 6.18 Å². The molecule has 0 saturated carbocycles. The number of amides is 1. The van der Waals surface area contributed by atoms with Gasteiger partial charge in [-0.15, -0.1) is 0 Å². The number of hydrogen-bond acceptors (Lipinski definition) is 6. The van der Waals surface area contributed by atoms with E-state index in [1.54, 1.807) is 6.92 Å². The van der Waals surface area contributed by atoms with Crippen LogP contribution in [0.5, 0.6) is 0 Å². The summed E-state index contributed by atoms with van der Waals surface area (Å²) in [7, 11) is 0. The minimum Gasteiger partial charge on any atom is -0.477 e. The predicted molar refractivity (Wildman–Crippen MR) is 95.3 cm³/mol. The van der Waals surface area contributed by atoms with Gasteiger partial charge in [-0.2, -0.15) is 13.2 Å². The van der Waals surface area contributed by atoms with Crippen LogP contribution in [0.25, 0.3) is 0 Å². The lowest BCUT2D eigenvalue weighted by Crippen LogP contribution is -2.24. The number of aromatic nitrogens is 3. The summed E-state index contributed by atoms with van der Waals surface area (Å²) in [5.74, 6) is -1.49. The topological polar surface area (TPSA) is 158 Å². The maximum atomic E-state index is 12.4. The molecule has 3 rings (SSSR count). The molecule has 0 aliphatic carbocycles. The monoisotopic (exact) mass is 426 g/mol. The van der Waals surface area contributed by atoms with E-state index in [-0.39, 0.29) is 11.3 Å². The van der Waals surface area contributed by atoms with E-state index in [4.69, 9.17) is 9.63 Å². The number of nitrogens with one attached hydrogen (secondary N) is 3. The number of anilines is 1. The number of benzene rings is 1. The highest BCUT2D eigenvalue weighted by Crippen LogP contribution is 2.29. The molecule has 4 N–H and O–H groups in total. The largest absolute Gasteiger partial charge is 0.477 e. The minimum absolute atomic E-state index is 0.236. The number of aryl methyl sites for hydroxylation is 1. The average molecular weight is 426 g/mol. The van der Waals surface area contributed by atoms with Crippen molar-refractivity contribution in [1.82, 2.24) is 15.1 Å². The Morgan fingerprint density at radius 3 is 2.23 bits per heavy atom. The Morgan fingerprint density at radius 2 is 1.77 bits per heavy atom. The predicted octanol–water partition coefficient (Wildman–Crippen LogP) is 2.02. The summed E-state index contributed by atoms with van der Waals surface area (Å²) in [4.78, 5) is 46.6. The van der Waals surface area contributed by atoms with Crippen LogP contribution in [0.3, 0.4) is 0 Å². The van der Waals surface area contributed by atoms with Gasteiger partial charge in [0.25, 0.3) is 11.5 Å². The third kappa shape index (κ3) is 5.92. The Labute approximate surface area is 164 Å². The second kappa shape index (κ2) is 8.89. The highest BCUT2D eigenvalue weighted by Gasteiger charge is 2.30. The fraction of sp³-hybridized carbons (Fsp3) is 0.118. The van der Waals surface area contributed by atoms with Crippen LogP contribution in [0.4, 0.5) is 18.9 Å². The highest BCUT2D eigenvalue weighted by molar-refractivity contribution is 6.04. The normalized spacial score (nSPS) is 10.7. The fourth-order valence-corrected chi connectivity index (χ4v) is 2.04. The first-order valence-electron chi connectivity index (χ1n) is 7.94. The van der Waals surface area contributed by atoms with Crippen LogP contribution in [0.1, 0.15) is 32.2 Å². The zero-order valence-electron chi connectivity index (χ0n) is 15.0. The third-order valence-corrected chi connectivity index (χ3v) is 3.46. The number of H-pyrrole nitrogens is 2. The molecule has 0 unspecified atom stereocenters. The number of rotatable bonds is 3. The van der Waals surface area contributed by atoms with E-state index < -0.39 is 40.6 Å². The van der Waals surface area contributed by atoms with Crippen molar-refractivity contribution in [3.63, 3.8) is 0 Å². The lowest BCUT2D eigenvalue weighted by Gasteiger charge is -2.08. The van der Waals surface area contributed by atoms with E-state index in [1.807, 2.05) is 9.97 Å². The molecule has 0 fully saturated rings. The first-order chi connectivity index (χ1) is 14.0. The lowest BCUT2D eigenvalue weighted by atomic mass is 10.2. The molecule has 3 aromatic rings. The number of carbonyl (C=O) groups is 2. The zero-order valence-corrected chi connectivity index (χ0v) is 15.0. The number of carboxylic acids is 1. The van der Waals surface area contributed by atoms with Crippen LogP contribution < -0.4 is 16.6 Å². The Morgan fingerprint density at radius 1 is 1.13 bits per heavy atom. The smallest absolute Gasteiger partial charge is 0.416 e. The summed E-state index contributed by atoms with van der Waals surface area (Å²) in [5, 5.41) is 14.2. The van der Waals surface area contributed by atoms with Crippen molar-refractivity contribution in [3.8, 4) is 0 Å². The van der Waals surface area contributed by atoms with E-state index in [1.165, 1.54) is 18.3 Å². The fourth-order valence-electron chi connectivity index (χ4n) is 2.04. The number of alkyl halides is 3. The molecule has 10 nitrogen and oxygen atoms in total. The Hall–Kier alpha value is -4.16. The number of hydrogen-bond donors (Lipinski definition) is 4. The summed E-state index contributed by atoms with van der Waals surface area (Å²) >= 11 is 0. The first-order valence-corrected chi connectivity index (χ1v) is 7.94. The number of aromatic carboxylic acids is 1. The van der Waals surface area contributed by atoms with Crippen molar-refractivity contribution in [2.24, 2.45) is 0 Å². The molecule has 2 heterocycles. The van der Waals surface area contributed by atoms with E-state index in [2.05, 4.69) is 10.5 Å². The molecule has 1 amide bonds. The molecular formula is C17H13F3N4O6. The molecule has 0 aliphatic heterocycles. The molecule has 2 aromatic heterocycles. The quantitative estimate of drug-likeness (QED) is 0.499. The number of aromatic amines is 2. The van der Waals surface area contributed by atoms with Gasteiger partial charge in [0, 0.05) is 11.8 Å². The van der Waals surface area contributed by atoms with Crippen molar-refractivity contribution >= 4 is 17.6 Å². The number of carbonyl (C=O) groups excluding carboxylic acids is 1. The van der Waals surface area contributed by atoms with Crippen LogP contribution in [0.15, 0.2) is 50.6 Å². The van der Waals surface area contributed by atoms with Gasteiger partial charge in [0.1, 0.15) is 17.0 Å². The molecule has 0 aliphatic rings. The summed E-state index contributed by atoms with van der Waals surface area (Å²) in [6.45, 7) is 1.56. The number of halogens is 3. The van der Waals surface area contributed by atoms with Crippen molar-refractivity contribution in [1.29, 1.82) is 0 Å². The van der Waals surface area contributed by atoms with E-state index >= 15 is 0 Å². The van der Waals surface area contributed by atoms with Gasteiger partial charge < -0.3 is 19.9 Å². The van der Waals surface area contributed by atoms with Gasteiger partial charge in [0.05, 0.1) is 11.8 Å². The highest BCUT2D eigenvalue weighted by atomic mass is 19.4. The molecule has 0 spiro atoms. The summed E-state index contributed by atoms with van der Waals surface area (Å²) in [6, 6.07) is 4.96. The lowest BCUT2D eigenvalue weighted by molar-refractivity contribution is -0.137. The minimum atomic E-state index is -4.40. The van der Waals surface area contributed by atoms with Gasteiger partial charge in [-0.05, 0) is 31.2 Å². The Balaban J connectivity index is 0.000000248. The van der Waals surface area contributed by atoms with Crippen molar-refractivity contribution in [2.45, 2.75) is 13.1 Å². The molecule has 0 bridgehead atoms. The number of nitrogens with zero attached hydrogens (tertiary/aromatic N) is 1. The zero-order chi connectivity index (χ0) is 22.5. The molecule has 158 valence electrons. The molecule has 30 heavy (non-hydrogen) atoms. The second-order valence-corrected chi connectivity index (χ2v) is 5.63. The SMILES string of the molecule is Cc1oncc1C(=O)Nc1ccc(C(F)(F)F)cc1.O=C(O)c1cc(=O)[nH]c(=O)[nH]1. The van der Waals surface area contributed by atoms with Crippen molar-refractivity contribution in [2.75, 3.05) is 5.32 Å². The van der Waals surface area contributed by atoms with Crippen LogP contribution >= 0.6 is 0 Å². The molecular weight excluding hydrogens is 413 g/mol. The third-order valence-electron chi connectivity index (χ3n) is 3.46. The molecule has 13 heteroatoms. The van der Waals surface area contributed by atoms with Crippen LogP contribution in [0.2, 0.25) is 0 Å². The van der Waals surface area contributed by atoms with E-state index in [0.29, 0.717) is 5.76 Å². The molecule has 0 radical (unpaired) electrons. The molecule has 1 aromatic carbocycles. The standard InChI is InChI=1S/C12H9F3N2O2.C5H4N2O4/c1-7-10(6-16-19-7)11(18)17-9-4-2-8(3-5-9)12(13,14)15;8-3-1-2(4(9)10)6-5(11)7-3/h2-6H,1H3,(H,17,18);1H,(H,9,10)(H2,6,7,8,11). The summed E-state index contributed by atoms with van der Waals surface area (Å²) in [5.41, 5.74) is -2.25. The Kier molecular flexibility index (Phi) is 6.56.